The summed E-state index contributed by atoms with van der Waals surface area (Å²) in [6, 6.07) is 9.27. The molecule has 2 atom stereocenters. The van der Waals surface area contributed by atoms with E-state index in [1.54, 1.807) is 7.11 Å². The number of ether oxygens (including phenoxy) is 1. The number of rotatable bonds is 5. The number of hydrogen-bond donors (Lipinski definition) is 1. The Morgan fingerprint density at radius 1 is 1.25 bits per heavy atom. The quantitative estimate of drug-likeness (QED) is 0.894. The van der Waals surface area contributed by atoms with Gasteiger partial charge in [0.15, 0.2) is 0 Å². The summed E-state index contributed by atoms with van der Waals surface area (Å²) in [5.41, 5.74) is 1.30. The minimum Gasteiger partial charge on any atom is -0.497 e. The first-order valence-corrected chi connectivity index (χ1v) is 7.68. The maximum absolute atomic E-state index is 5.30. The highest BCUT2D eigenvalue weighted by molar-refractivity contribution is 5.30. The minimum absolute atomic E-state index is 0.361. The molecule has 1 saturated heterocycles. The monoisotopic (exact) mass is 276 g/mol. The summed E-state index contributed by atoms with van der Waals surface area (Å²) >= 11 is 0. The van der Waals surface area contributed by atoms with Gasteiger partial charge in [0.25, 0.3) is 0 Å². The maximum atomic E-state index is 5.30. The summed E-state index contributed by atoms with van der Waals surface area (Å²) in [6.07, 6.45) is 2.60. The van der Waals surface area contributed by atoms with Gasteiger partial charge in [-0.3, -0.25) is 0 Å². The highest BCUT2D eigenvalue weighted by Crippen LogP contribution is 2.24. The van der Waals surface area contributed by atoms with Gasteiger partial charge in [0, 0.05) is 12.1 Å². The number of nitrogens with zero attached hydrogens (tertiary/aromatic N) is 1. The second-order valence-electron chi connectivity index (χ2n) is 6.09. The van der Waals surface area contributed by atoms with E-state index in [2.05, 4.69) is 49.3 Å². The van der Waals surface area contributed by atoms with Crippen molar-refractivity contribution in [3.63, 3.8) is 0 Å². The Hall–Kier alpha value is -1.06. The first-order valence-electron chi connectivity index (χ1n) is 7.68. The molecule has 3 nitrogen and oxygen atoms in total. The number of piperidine rings is 1. The zero-order valence-electron chi connectivity index (χ0n) is 13.2. The number of benzene rings is 1. The van der Waals surface area contributed by atoms with E-state index in [9.17, 15) is 0 Å². The number of likely N-dealkylation sites (tertiary alicyclic amines) is 1. The molecule has 0 aromatic heterocycles. The van der Waals surface area contributed by atoms with Crippen LogP contribution in [0.2, 0.25) is 0 Å². The molecule has 20 heavy (non-hydrogen) atoms. The molecule has 1 aliphatic rings. The molecule has 0 radical (unpaired) electrons. The molecular weight excluding hydrogens is 248 g/mol. The average Bonchev–Trinajstić information content (AvgIpc) is 2.47. The lowest BCUT2D eigenvalue weighted by atomic mass is 9.90. The molecule has 2 rings (SSSR count). The lowest BCUT2D eigenvalue weighted by Crippen LogP contribution is -2.41. The van der Waals surface area contributed by atoms with E-state index in [0.29, 0.717) is 12.1 Å². The van der Waals surface area contributed by atoms with Crippen LogP contribution in [0.5, 0.6) is 5.75 Å². The van der Waals surface area contributed by atoms with Crippen LogP contribution in [0.3, 0.4) is 0 Å². The molecule has 112 valence electrons. The molecule has 1 aliphatic heterocycles. The van der Waals surface area contributed by atoms with E-state index in [4.69, 9.17) is 4.74 Å². The second-order valence-corrected chi connectivity index (χ2v) is 6.09. The van der Waals surface area contributed by atoms with Crippen LogP contribution in [0.25, 0.3) is 0 Å². The van der Waals surface area contributed by atoms with Crippen LogP contribution >= 0.6 is 0 Å². The molecule has 0 saturated carbocycles. The Morgan fingerprint density at radius 3 is 2.60 bits per heavy atom. The van der Waals surface area contributed by atoms with E-state index in [0.717, 1.165) is 11.7 Å². The zero-order chi connectivity index (χ0) is 14.5. The lowest BCUT2D eigenvalue weighted by Gasteiger charge is -2.34. The molecule has 1 aromatic rings. The summed E-state index contributed by atoms with van der Waals surface area (Å²) in [6.45, 7) is 7.02. The fourth-order valence-electron chi connectivity index (χ4n) is 3.07. The van der Waals surface area contributed by atoms with Gasteiger partial charge in [-0.2, -0.15) is 0 Å². The van der Waals surface area contributed by atoms with Crippen molar-refractivity contribution < 1.29 is 4.74 Å². The molecule has 1 N–H and O–H groups in total. The normalized spacial score (nSPS) is 20.6. The van der Waals surface area contributed by atoms with Crippen LogP contribution in [0.1, 0.15) is 38.3 Å². The average molecular weight is 276 g/mol. The number of nitrogens with one attached hydrogen (secondary N) is 1. The van der Waals surface area contributed by atoms with Crippen molar-refractivity contribution in [1.82, 2.24) is 10.2 Å². The summed E-state index contributed by atoms with van der Waals surface area (Å²) < 4.78 is 5.30. The predicted octanol–water partition coefficient (Wildman–Crippen LogP) is 3.08. The third-order valence-electron chi connectivity index (χ3n) is 4.58. The molecule has 1 unspecified atom stereocenters. The van der Waals surface area contributed by atoms with Gasteiger partial charge in [-0.1, -0.05) is 12.1 Å². The van der Waals surface area contributed by atoms with Gasteiger partial charge in [0.2, 0.25) is 0 Å². The molecule has 0 amide bonds. The van der Waals surface area contributed by atoms with E-state index < -0.39 is 0 Å². The third-order valence-corrected chi connectivity index (χ3v) is 4.58. The third kappa shape index (κ3) is 3.97. The van der Waals surface area contributed by atoms with Crippen LogP contribution in [0.4, 0.5) is 0 Å². The van der Waals surface area contributed by atoms with Crippen LogP contribution in [0.15, 0.2) is 24.3 Å². The van der Waals surface area contributed by atoms with Gasteiger partial charge in [-0.05, 0) is 70.4 Å². The summed E-state index contributed by atoms with van der Waals surface area (Å²) in [5.74, 6) is 1.72. The summed E-state index contributed by atoms with van der Waals surface area (Å²) in [4.78, 5) is 2.43. The molecular formula is C17H28N2O. The topological polar surface area (TPSA) is 24.5 Å². The SMILES string of the molecule is COc1cccc([C@H](C)NC(C)C2CCN(C)CC2)c1. The van der Waals surface area contributed by atoms with Crippen molar-refractivity contribution in [3.8, 4) is 5.75 Å². The van der Waals surface area contributed by atoms with Crippen molar-refractivity contribution >= 4 is 0 Å². The predicted molar refractivity (Wildman–Crippen MR) is 84.2 cm³/mol. The Kier molecular flexibility index (Phi) is 5.44. The highest BCUT2D eigenvalue weighted by atomic mass is 16.5. The van der Waals surface area contributed by atoms with Crippen molar-refractivity contribution in [1.29, 1.82) is 0 Å². The minimum atomic E-state index is 0.361. The van der Waals surface area contributed by atoms with Gasteiger partial charge in [-0.15, -0.1) is 0 Å². The van der Waals surface area contributed by atoms with Gasteiger partial charge in [0.05, 0.1) is 7.11 Å². The number of hydrogen-bond acceptors (Lipinski definition) is 3. The molecule has 1 aromatic carbocycles. The Labute approximate surface area is 123 Å². The zero-order valence-corrected chi connectivity index (χ0v) is 13.2. The molecule has 1 heterocycles. The molecule has 0 spiro atoms. The van der Waals surface area contributed by atoms with Crippen molar-refractivity contribution in [2.24, 2.45) is 5.92 Å². The molecule has 1 fully saturated rings. The van der Waals surface area contributed by atoms with Crippen molar-refractivity contribution in [3.05, 3.63) is 29.8 Å². The van der Waals surface area contributed by atoms with E-state index in [-0.39, 0.29) is 0 Å². The first kappa shape index (κ1) is 15.3. The van der Waals surface area contributed by atoms with Crippen LogP contribution in [0, 0.1) is 5.92 Å². The fourth-order valence-corrected chi connectivity index (χ4v) is 3.07. The van der Waals surface area contributed by atoms with Gasteiger partial charge in [0.1, 0.15) is 5.75 Å². The van der Waals surface area contributed by atoms with Gasteiger partial charge < -0.3 is 15.0 Å². The summed E-state index contributed by atoms with van der Waals surface area (Å²) in [5, 5.41) is 3.76. The van der Waals surface area contributed by atoms with E-state index >= 15 is 0 Å². The largest absolute Gasteiger partial charge is 0.497 e. The van der Waals surface area contributed by atoms with Crippen molar-refractivity contribution in [2.75, 3.05) is 27.2 Å². The second kappa shape index (κ2) is 7.09. The van der Waals surface area contributed by atoms with E-state index in [1.807, 2.05) is 6.07 Å². The Morgan fingerprint density at radius 2 is 1.95 bits per heavy atom. The summed E-state index contributed by atoms with van der Waals surface area (Å²) in [7, 11) is 3.94. The molecule has 0 aliphatic carbocycles. The first-order chi connectivity index (χ1) is 9.60. The van der Waals surface area contributed by atoms with Crippen LogP contribution in [-0.4, -0.2) is 38.2 Å². The van der Waals surface area contributed by atoms with Crippen LogP contribution in [-0.2, 0) is 0 Å². The smallest absolute Gasteiger partial charge is 0.119 e. The molecule has 0 bridgehead atoms. The highest BCUT2D eigenvalue weighted by Gasteiger charge is 2.23. The van der Waals surface area contributed by atoms with Crippen molar-refractivity contribution in [2.45, 2.75) is 38.8 Å². The Balaban J connectivity index is 1.91. The van der Waals surface area contributed by atoms with Gasteiger partial charge in [-0.25, -0.2) is 0 Å². The molecule has 3 heteroatoms. The van der Waals surface area contributed by atoms with E-state index in [1.165, 1.54) is 31.5 Å². The Bertz CT molecular complexity index is 413. The lowest BCUT2D eigenvalue weighted by molar-refractivity contribution is 0.185. The standard InChI is InChI=1S/C17H28N2O/c1-13(15-8-10-19(3)11-9-15)18-14(2)16-6-5-7-17(12-16)20-4/h5-7,12-15,18H,8-11H2,1-4H3/t13?,14-/m0/s1. The fraction of sp³-hybridized carbons (Fsp3) is 0.647. The maximum Gasteiger partial charge on any atom is 0.119 e. The number of methoxy groups -OCH3 is 1. The van der Waals surface area contributed by atoms with Crippen LogP contribution < -0.4 is 10.1 Å². The van der Waals surface area contributed by atoms with Gasteiger partial charge >= 0.3 is 0 Å².